The average Bonchev–Trinajstić information content (AvgIpc) is 3.18. The van der Waals surface area contributed by atoms with Gasteiger partial charge in [0.2, 0.25) is 0 Å². The Balaban J connectivity index is 1.56. The molecule has 0 aromatic heterocycles. The Morgan fingerprint density at radius 3 is 2.11 bits per heavy atom. The molecule has 3 aromatic carbocycles. The number of hydrogen-bond donors (Lipinski definition) is 1. The summed E-state index contributed by atoms with van der Waals surface area (Å²) in [5.74, 6) is 2.00. The average molecular weight is 356 g/mol. The van der Waals surface area contributed by atoms with Crippen molar-refractivity contribution in [2.75, 3.05) is 7.11 Å². The number of benzene rings is 3. The predicted molar refractivity (Wildman–Crippen MR) is 110 cm³/mol. The summed E-state index contributed by atoms with van der Waals surface area (Å²) in [7, 11) is 1.72. The number of amidine groups is 1. The molecule has 0 radical (unpaired) electrons. The zero-order valence-corrected chi connectivity index (χ0v) is 15.5. The van der Waals surface area contributed by atoms with Crippen LogP contribution in [-0.4, -0.2) is 12.9 Å². The van der Waals surface area contributed by atoms with Crippen molar-refractivity contribution in [3.8, 4) is 5.75 Å². The first kappa shape index (κ1) is 17.3. The summed E-state index contributed by atoms with van der Waals surface area (Å²) >= 11 is 0. The van der Waals surface area contributed by atoms with E-state index in [9.17, 15) is 0 Å². The molecule has 0 saturated heterocycles. The van der Waals surface area contributed by atoms with E-state index in [4.69, 9.17) is 9.73 Å². The molecule has 1 N–H and O–H groups in total. The van der Waals surface area contributed by atoms with Gasteiger partial charge in [-0.05, 0) is 29.2 Å². The van der Waals surface area contributed by atoms with Gasteiger partial charge < -0.3 is 10.1 Å². The first-order valence-electron chi connectivity index (χ1n) is 9.40. The van der Waals surface area contributed by atoms with Gasteiger partial charge in [-0.3, -0.25) is 4.99 Å². The third-order valence-electron chi connectivity index (χ3n) is 5.06. The Morgan fingerprint density at radius 1 is 0.778 bits per heavy atom. The van der Waals surface area contributed by atoms with Crippen molar-refractivity contribution >= 4 is 5.84 Å². The molecular formula is C24H24N2O. The zero-order chi connectivity index (χ0) is 18.5. The van der Waals surface area contributed by atoms with Crippen molar-refractivity contribution in [1.82, 2.24) is 5.32 Å². The van der Waals surface area contributed by atoms with Crippen molar-refractivity contribution in [3.63, 3.8) is 0 Å². The van der Waals surface area contributed by atoms with Gasteiger partial charge in [-0.25, -0.2) is 0 Å². The van der Waals surface area contributed by atoms with Gasteiger partial charge in [0.15, 0.2) is 0 Å². The second-order valence-electron chi connectivity index (χ2n) is 6.78. The molecule has 0 unspecified atom stereocenters. The minimum absolute atomic E-state index is 0.0984. The third kappa shape index (κ3) is 3.87. The standard InChI is InChI=1S/C24H24N2O/c1-27-21-15-9-8-10-18(21)16-17-22-25-23(19-11-4-2-5-12-19)24(26-22)20-13-6-3-7-14-20/h2-15,23-24H,16-17H2,1H3,(H,25,26)/t23-,24+. The molecule has 1 aliphatic rings. The molecule has 0 bridgehead atoms. The van der Waals surface area contributed by atoms with E-state index < -0.39 is 0 Å². The number of para-hydroxylation sites is 1. The molecule has 1 aliphatic heterocycles. The van der Waals surface area contributed by atoms with E-state index in [1.165, 1.54) is 16.7 Å². The van der Waals surface area contributed by atoms with E-state index in [1.807, 2.05) is 12.1 Å². The van der Waals surface area contributed by atoms with E-state index in [1.54, 1.807) is 7.11 Å². The van der Waals surface area contributed by atoms with E-state index in [-0.39, 0.29) is 12.1 Å². The highest BCUT2D eigenvalue weighted by Gasteiger charge is 2.30. The molecule has 3 heteroatoms. The van der Waals surface area contributed by atoms with Crippen LogP contribution in [0.15, 0.2) is 89.9 Å². The molecule has 4 rings (SSSR count). The lowest BCUT2D eigenvalue weighted by Gasteiger charge is -2.19. The summed E-state index contributed by atoms with van der Waals surface area (Å²) in [5, 5.41) is 3.67. The van der Waals surface area contributed by atoms with Crippen molar-refractivity contribution < 1.29 is 4.74 Å². The van der Waals surface area contributed by atoms with Crippen LogP contribution in [0.2, 0.25) is 0 Å². The maximum absolute atomic E-state index is 5.48. The Bertz CT molecular complexity index is 906. The highest BCUT2D eigenvalue weighted by atomic mass is 16.5. The second kappa shape index (κ2) is 8.09. The van der Waals surface area contributed by atoms with E-state index in [2.05, 4.69) is 78.1 Å². The Labute approximate surface area is 160 Å². The molecule has 3 nitrogen and oxygen atoms in total. The predicted octanol–water partition coefficient (Wildman–Crippen LogP) is 5.11. The lowest BCUT2D eigenvalue weighted by molar-refractivity contribution is 0.410. The van der Waals surface area contributed by atoms with Gasteiger partial charge in [0, 0.05) is 6.42 Å². The lowest BCUT2D eigenvalue weighted by Crippen LogP contribution is -2.24. The van der Waals surface area contributed by atoms with Crippen LogP contribution < -0.4 is 10.1 Å². The third-order valence-corrected chi connectivity index (χ3v) is 5.06. The molecule has 3 aromatic rings. The molecule has 27 heavy (non-hydrogen) atoms. The zero-order valence-electron chi connectivity index (χ0n) is 15.5. The molecule has 2 atom stereocenters. The SMILES string of the molecule is COc1ccccc1CCC1=N[C@@H](c2ccccc2)[C@@H](c2ccccc2)N1. The fourth-order valence-corrected chi connectivity index (χ4v) is 3.68. The van der Waals surface area contributed by atoms with Crippen molar-refractivity contribution in [1.29, 1.82) is 0 Å². The van der Waals surface area contributed by atoms with Crippen LogP contribution in [0.5, 0.6) is 5.75 Å². The molecule has 0 fully saturated rings. The number of aryl methyl sites for hydroxylation is 1. The van der Waals surface area contributed by atoms with Crippen LogP contribution in [0.3, 0.4) is 0 Å². The van der Waals surface area contributed by atoms with Crippen molar-refractivity contribution in [3.05, 3.63) is 102 Å². The van der Waals surface area contributed by atoms with Gasteiger partial charge in [-0.15, -0.1) is 0 Å². The number of ether oxygens (including phenoxy) is 1. The largest absolute Gasteiger partial charge is 0.496 e. The molecule has 0 saturated carbocycles. The van der Waals surface area contributed by atoms with Crippen LogP contribution in [0.1, 0.15) is 35.2 Å². The van der Waals surface area contributed by atoms with Crippen LogP contribution in [-0.2, 0) is 6.42 Å². The first-order valence-corrected chi connectivity index (χ1v) is 9.40. The molecule has 136 valence electrons. The number of nitrogens with zero attached hydrogens (tertiary/aromatic N) is 1. The van der Waals surface area contributed by atoms with Gasteiger partial charge in [-0.2, -0.15) is 0 Å². The van der Waals surface area contributed by atoms with Crippen LogP contribution in [0, 0.1) is 0 Å². The summed E-state index contributed by atoms with van der Waals surface area (Å²) in [6.07, 6.45) is 1.77. The number of rotatable bonds is 6. The fourth-order valence-electron chi connectivity index (χ4n) is 3.68. The minimum atomic E-state index is 0.0984. The van der Waals surface area contributed by atoms with Gasteiger partial charge in [0.1, 0.15) is 11.8 Å². The Hall–Kier alpha value is -3.07. The van der Waals surface area contributed by atoms with E-state index in [0.717, 1.165) is 24.4 Å². The smallest absolute Gasteiger partial charge is 0.122 e. The maximum Gasteiger partial charge on any atom is 0.122 e. The van der Waals surface area contributed by atoms with Crippen molar-refractivity contribution in [2.45, 2.75) is 24.9 Å². The molecular weight excluding hydrogens is 332 g/mol. The maximum atomic E-state index is 5.48. The number of aliphatic imine (C=N–C) groups is 1. The minimum Gasteiger partial charge on any atom is -0.496 e. The summed E-state index contributed by atoms with van der Waals surface area (Å²) < 4.78 is 5.48. The summed E-state index contributed by atoms with van der Waals surface area (Å²) in [6.45, 7) is 0. The quantitative estimate of drug-likeness (QED) is 0.666. The highest BCUT2D eigenvalue weighted by molar-refractivity contribution is 5.85. The van der Waals surface area contributed by atoms with Crippen LogP contribution in [0.25, 0.3) is 0 Å². The van der Waals surface area contributed by atoms with Crippen LogP contribution in [0.4, 0.5) is 0 Å². The van der Waals surface area contributed by atoms with E-state index >= 15 is 0 Å². The normalized spacial score (nSPS) is 18.6. The van der Waals surface area contributed by atoms with Gasteiger partial charge >= 0.3 is 0 Å². The first-order chi connectivity index (χ1) is 13.3. The Morgan fingerprint density at radius 2 is 1.41 bits per heavy atom. The summed E-state index contributed by atoms with van der Waals surface area (Å²) in [5.41, 5.74) is 3.72. The summed E-state index contributed by atoms with van der Waals surface area (Å²) in [4.78, 5) is 5.05. The van der Waals surface area contributed by atoms with Gasteiger partial charge in [0.25, 0.3) is 0 Å². The number of methoxy groups -OCH3 is 1. The van der Waals surface area contributed by atoms with Gasteiger partial charge in [-0.1, -0.05) is 78.9 Å². The summed E-state index contributed by atoms with van der Waals surface area (Å²) in [6, 6.07) is 29.6. The topological polar surface area (TPSA) is 33.6 Å². The molecule has 0 amide bonds. The van der Waals surface area contributed by atoms with Crippen LogP contribution >= 0.6 is 0 Å². The highest BCUT2D eigenvalue weighted by Crippen LogP contribution is 2.36. The van der Waals surface area contributed by atoms with Crippen molar-refractivity contribution in [2.24, 2.45) is 4.99 Å². The van der Waals surface area contributed by atoms with Gasteiger partial charge in [0.05, 0.1) is 19.0 Å². The number of nitrogens with one attached hydrogen (secondary N) is 1. The lowest BCUT2D eigenvalue weighted by atomic mass is 9.95. The second-order valence-corrected chi connectivity index (χ2v) is 6.78. The molecule has 1 heterocycles. The van der Waals surface area contributed by atoms with E-state index in [0.29, 0.717) is 0 Å². The Kier molecular flexibility index (Phi) is 5.20. The fraction of sp³-hybridized carbons (Fsp3) is 0.208. The molecule has 0 spiro atoms. The number of hydrogen-bond acceptors (Lipinski definition) is 3. The monoisotopic (exact) mass is 356 g/mol. The molecule has 0 aliphatic carbocycles.